The minimum atomic E-state index is 0.663. The smallest absolute Gasteiger partial charge is 0.138 e. The molecule has 0 aliphatic heterocycles. The number of halogens is 2. The first-order chi connectivity index (χ1) is 6.68. The van der Waals surface area contributed by atoms with Crippen LogP contribution in [0.4, 0.5) is 0 Å². The van der Waals surface area contributed by atoms with Crippen molar-refractivity contribution in [2.45, 2.75) is 20.8 Å². The van der Waals surface area contributed by atoms with E-state index < -0.39 is 0 Å². The summed E-state index contributed by atoms with van der Waals surface area (Å²) in [4.78, 5) is 7.16. The number of H-pyrrole nitrogens is 1. The molecule has 0 unspecified atom stereocenters. The summed E-state index contributed by atoms with van der Waals surface area (Å²) >= 11 is 9.25. The molecule has 0 atom stereocenters. The molecule has 2 rings (SSSR count). The SMILES string of the molecule is CC.Cc1c(Cl)[nH]c2ncc(Br)cc12. The molecule has 0 saturated carbocycles. The molecule has 0 fully saturated rings. The molecule has 0 radical (unpaired) electrons. The van der Waals surface area contributed by atoms with Crippen molar-refractivity contribution < 1.29 is 0 Å². The van der Waals surface area contributed by atoms with Crippen molar-refractivity contribution in [1.29, 1.82) is 0 Å². The van der Waals surface area contributed by atoms with Crippen molar-refractivity contribution in [3.8, 4) is 0 Å². The van der Waals surface area contributed by atoms with Gasteiger partial charge in [0.1, 0.15) is 10.8 Å². The molecular weight excluding hydrogens is 263 g/mol. The van der Waals surface area contributed by atoms with Crippen molar-refractivity contribution >= 4 is 38.6 Å². The number of nitrogens with zero attached hydrogens (tertiary/aromatic N) is 1. The van der Waals surface area contributed by atoms with Crippen molar-refractivity contribution in [3.05, 3.63) is 27.5 Å². The second-order valence-corrected chi connectivity index (χ2v) is 3.91. The van der Waals surface area contributed by atoms with Crippen LogP contribution in [0.5, 0.6) is 0 Å². The van der Waals surface area contributed by atoms with E-state index in [9.17, 15) is 0 Å². The minimum Gasteiger partial charge on any atom is -0.330 e. The molecule has 0 saturated heterocycles. The van der Waals surface area contributed by atoms with Crippen molar-refractivity contribution in [2.24, 2.45) is 0 Å². The summed E-state index contributed by atoms with van der Waals surface area (Å²) in [6.07, 6.45) is 1.74. The van der Waals surface area contributed by atoms with E-state index in [-0.39, 0.29) is 0 Å². The van der Waals surface area contributed by atoms with Crippen LogP contribution in [0.3, 0.4) is 0 Å². The van der Waals surface area contributed by atoms with Crippen LogP contribution in [0.15, 0.2) is 16.7 Å². The third kappa shape index (κ3) is 2.10. The first-order valence-electron chi connectivity index (χ1n) is 4.48. The number of hydrogen-bond acceptors (Lipinski definition) is 1. The van der Waals surface area contributed by atoms with E-state index in [4.69, 9.17) is 11.6 Å². The summed E-state index contributed by atoms with van der Waals surface area (Å²) in [6, 6.07) is 2.00. The Balaban J connectivity index is 0.000000461. The van der Waals surface area contributed by atoms with Gasteiger partial charge in [-0.15, -0.1) is 0 Å². The molecule has 2 aromatic heterocycles. The lowest BCUT2D eigenvalue weighted by Gasteiger charge is -1.90. The van der Waals surface area contributed by atoms with Crippen LogP contribution in [0.1, 0.15) is 19.4 Å². The van der Waals surface area contributed by atoms with Crippen LogP contribution in [0.2, 0.25) is 5.15 Å². The molecule has 2 heterocycles. The monoisotopic (exact) mass is 274 g/mol. The number of fused-ring (bicyclic) bond motifs is 1. The summed E-state index contributed by atoms with van der Waals surface area (Å²) in [6.45, 7) is 5.97. The molecule has 0 aliphatic carbocycles. The number of nitrogens with one attached hydrogen (secondary N) is 1. The van der Waals surface area contributed by atoms with Gasteiger partial charge in [-0.05, 0) is 34.5 Å². The van der Waals surface area contributed by atoms with Crippen LogP contribution in [0, 0.1) is 6.92 Å². The van der Waals surface area contributed by atoms with E-state index in [0.717, 1.165) is 21.1 Å². The van der Waals surface area contributed by atoms with Crippen LogP contribution < -0.4 is 0 Å². The zero-order valence-corrected chi connectivity index (χ0v) is 10.7. The third-order valence-electron chi connectivity index (χ3n) is 1.82. The lowest BCUT2D eigenvalue weighted by Crippen LogP contribution is -1.75. The van der Waals surface area contributed by atoms with E-state index in [1.807, 2.05) is 26.8 Å². The highest BCUT2D eigenvalue weighted by atomic mass is 79.9. The predicted molar refractivity (Wildman–Crippen MR) is 64.9 cm³/mol. The molecule has 0 bridgehead atoms. The van der Waals surface area contributed by atoms with Crippen LogP contribution in [-0.2, 0) is 0 Å². The van der Waals surface area contributed by atoms with Crippen molar-refractivity contribution in [1.82, 2.24) is 9.97 Å². The number of hydrogen-bond donors (Lipinski definition) is 1. The summed E-state index contributed by atoms with van der Waals surface area (Å²) in [5, 5.41) is 1.73. The van der Waals surface area contributed by atoms with Gasteiger partial charge in [-0.1, -0.05) is 25.4 Å². The van der Waals surface area contributed by atoms with Gasteiger partial charge in [-0.3, -0.25) is 0 Å². The Morgan fingerprint density at radius 3 is 2.71 bits per heavy atom. The normalized spacial score (nSPS) is 9.79. The van der Waals surface area contributed by atoms with Gasteiger partial charge in [0.2, 0.25) is 0 Å². The highest BCUT2D eigenvalue weighted by Gasteiger charge is 2.05. The van der Waals surface area contributed by atoms with E-state index in [1.165, 1.54) is 0 Å². The molecule has 1 N–H and O–H groups in total. The Kier molecular flexibility index (Phi) is 3.96. The fraction of sp³-hybridized carbons (Fsp3) is 0.300. The lowest BCUT2D eigenvalue weighted by molar-refractivity contribution is 1.31. The van der Waals surface area contributed by atoms with Gasteiger partial charge in [-0.2, -0.15) is 0 Å². The second-order valence-electron chi connectivity index (χ2n) is 2.61. The lowest BCUT2D eigenvalue weighted by atomic mass is 10.2. The Morgan fingerprint density at radius 2 is 2.07 bits per heavy atom. The Bertz CT molecular complexity index is 437. The van der Waals surface area contributed by atoms with Gasteiger partial charge in [0, 0.05) is 16.1 Å². The molecule has 0 aromatic carbocycles. The highest BCUT2D eigenvalue weighted by Crippen LogP contribution is 2.25. The minimum absolute atomic E-state index is 0.663. The zero-order chi connectivity index (χ0) is 10.7. The number of pyridine rings is 1. The molecule has 0 aliphatic rings. The Hall–Kier alpha value is -0.540. The quantitative estimate of drug-likeness (QED) is 0.762. The maximum Gasteiger partial charge on any atom is 0.138 e. The van der Waals surface area contributed by atoms with E-state index in [2.05, 4.69) is 25.9 Å². The third-order valence-corrected chi connectivity index (χ3v) is 2.63. The maximum atomic E-state index is 5.89. The van der Waals surface area contributed by atoms with Gasteiger partial charge in [0.15, 0.2) is 0 Å². The Morgan fingerprint density at radius 1 is 1.43 bits per heavy atom. The molecule has 0 amide bonds. The average molecular weight is 276 g/mol. The van der Waals surface area contributed by atoms with Gasteiger partial charge < -0.3 is 4.98 Å². The van der Waals surface area contributed by atoms with Crippen LogP contribution >= 0.6 is 27.5 Å². The first-order valence-corrected chi connectivity index (χ1v) is 5.65. The van der Waals surface area contributed by atoms with Crippen molar-refractivity contribution in [2.75, 3.05) is 0 Å². The van der Waals surface area contributed by atoms with E-state index >= 15 is 0 Å². The largest absolute Gasteiger partial charge is 0.330 e. The Labute approximate surface area is 96.8 Å². The fourth-order valence-electron chi connectivity index (χ4n) is 1.14. The molecule has 14 heavy (non-hydrogen) atoms. The van der Waals surface area contributed by atoms with Gasteiger partial charge in [0.25, 0.3) is 0 Å². The average Bonchev–Trinajstić information content (AvgIpc) is 2.48. The van der Waals surface area contributed by atoms with Gasteiger partial charge in [0.05, 0.1) is 0 Å². The molecule has 76 valence electrons. The van der Waals surface area contributed by atoms with E-state index in [0.29, 0.717) is 5.15 Å². The summed E-state index contributed by atoms with van der Waals surface area (Å²) in [5.74, 6) is 0. The van der Waals surface area contributed by atoms with Crippen LogP contribution in [0.25, 0.3) is 11.0 Å². The topological polar surface area (TPSA) is 28.7 Å². The highest BCUT2D eigenvalue weighted by molar-refractivity contribution is 9.10. The number of rotatable bonds is 0. The summed E-state index contributed by atoms with van der Waals surface area (Å²) < 4.78 is 0.966. The molecule has 2 nitrogen and oxygen atoms in total. The molecule has 0 spiro atoms. The fourth-order valence-corrected chi connectivity index (χ4v) is 1.66. The molecule has 4 heteroatoms. The summed E-state index contributed by atoms with van der Waals surface area (Å²) in [5.41, 5.74) is 1.88. The summed E-state index contributed by atoms with van der Waals surface area (Å²) in [7, 11) is 0. The first kappa shape index (κ1) is 11.5. The number of aromatic nitrogens is 2. The molecule has 2 aromatic rings. The number of aryl methyl sites for hydroxylation is 1. The standard InChI is InChI=1S/C8H6BrClN2.C2H6/c1-4-6-2-5(9)3-11-8(6)12-7(4)10;1-2/h2-3H,1H3,(H,11,12);1-2H3. The van der Waals surface area contributed by atoms with Gasteiger partial charge in [-0.25, -0.2) is 4.98 Å². The van der Waals surface area contributed by atoms with E-state index in [1.54, 1.807) is 6.20 Å². The predicted octanol–water partition coefficient (Wildman–Crippen LogP) is 4.31. The zero-order valence-electron chi connectivity index (χ0n) is 8.36. The maximum absolute atomic E-state index is 5.89. The van der Waals surface area contributed by atoms with Gasteiger partial charge >= 0.3 is 0 Å². The molecular formula is C10H12BrClN2. The van der Waals surface area contributed by atoms with Crippen LogP contribution in [-0.4, -0.2) is 9.97 Å². The van der Waals surface area contributed by atoms with Crippen molar-refractivity contribution in [3.63, 3.8) is 0 Å². The second kappa shape index (κ2) is 4.80. The number of aromatic amines is 1.